The van der Waals surface area contributed by atoms with Crippen molar-refractivity contribution in [2.45, 2.75) is 19.5 Å². The fraction of sp³-hybridized carbons (Fsp3) is 0.200. The van der Waals surface area contributed by atoms with Crippen LogP contribution in [0.25, 0.3) is 22.2 Å². The van der Waals surface area contributed by atoms with Crippen molar-refractivity contribution in [3.8, 4) is 11.5 Å². The first-order valence-electron chi connectivity index (χ1n) is 10.3. The van der Waals surface area contributed by atoms with Crippen molar-refractivity contribution in [2.24, 2.45) is 0 Å². The summed E-state index contributed by atoms with van der Waals surface area (Å²) in [6.45, 7) is 3.51. The first kappa shape index (κ1) is 19.5. The Hall–Kier alpha value is -3.51. The highest BCUT2D eigenvalue weighted by atomic mass is 19.1. The molecule has 0 saturated carbocycles. The lowest BCUT2D eigenvalue weighted by Crippen LogP contribution is -2.49. The minimum Gasteiger partial charge on any atom is -0.441 e. The third-order valence-corrected chi connectivity index (χ3v) is 5.74. The number of aromatic nitrogens is 1. The molecule has 1 aliphatic heterocycles. The Labute approximate surface area is 179 Å². The number of oxazole rings is 1. The van der Waals surface area contributed by atoms with Crippen LogP contribution in [0.15, 0.2) is 71.1 Å². The van der Waals surface area contributed by atoms with Crippen LogP contribution in [-0.2, 0) is 11.3 Å². The van der Waals surface area contributed by atoms with Crippen molar-refractivity contribution in [2.75, 3.05) is 13.1 Å². The van der Waals surface area contributed by atoms with Gasteiger partial charge in [-0.1, -0.05) is 48.5 Å². The molecule has 0 radical (unpaired) electrons. The van der Waals surface area contributed by atoms with Crippen molar-refractivity contribution in [3.05, 3.63) is 89.6 Å². The predicted molar refractivity (Wildman–Crippen MR) is 117 cm³/mol. The Kier molecular flexibility index (Phi) is 5.00. The van der Waals surface area contributed by atoms with Gasteiger partial charge >= 0.3 is 0 Å². The summed E-state index contributed by atoms with van der Waals surface area (Å²) in [5.74, 6) is 0.791. The zero-order chi connectivity index (χ0) is 21.4. The van der Waals surface area contributed by atoms with Crippen molar-refractivity contribution in [1.29, 1.82) is 0 Å². The Bertz CT molecular complexity index is 1260. The molecule has 1 aromatic heterocycles. The average molecular weight is 415 g/mol. The van der Waals surface area contributed by atoms with Crippen molar-refractivity contribution >= 4 is 16.7 Å². The van der Waals surface area contributed by atoms with Crippen LogP contribution in [0.2, 0.25) is 0 Å². The SMILES string of the molecule is Cc1oc(-c2cccc3ccccc23)nc1CN1CCNC(=O)C1c1cccc(F)c1. The number of rotatable bonds is 4. The molecule has 1 atom stereocenters. The number of hydrogen-bond donors (Lipinski definition) is 1. The van der Waals surface area contributed by atoms with Gasteiger partial charge in [-0.25, -0.2) is 9.37 Å². The third-order valence-electron chi connectivity index (χ3n) is 5.74. The van der Waals surface area contributed by atoms with E-state index < -0.39 is 6.04 Å². The van der Waals surface area contributed by atoms with Crippen LogP contribution in [0.3, 0.4) is 0 Å². The van der Waals surface area contributed by atoms with Crippen LogP contribution in [0.5, 0.6) is 0 Å². The monoisotopic (exact) mass is 415 g/mol. The highest BCUT2D eigenvalue weighted by Gasteiger charge is 2.32. The highest BCUT2D eigenvalue weighted by Crippen LogP contribution is 2.31. The van der Waals surface area contributed by atoms with Gasteiger partial charge in [-0.15, -0.1) is 0 Å². The Morgan fingerprint density at radius 2 is 1.94 bits per heavy atom. The van der Waals surface area contributed by atoms with Gasteiger partial charge in [0.25, 0.3) is 0 Å². The van der Waals surface area contributed by atoms with Gasteiger partial charge < -0.3 is 9.73 Å². The fourth-order valence-corrected chi connectivity index (χ4v) is 4.22. The highest BCUT2D eigenvalue weighted by molar-refractivity contribution is 5.94. The second-order valence-electron chi connectivity index (χ2n) is 7.77. The maximum Gasteiger partial charge on any atom is 0.242 e. The lowest BCUT2D eigenvalue weighted by molar-refractivity contribution is -0.129. The molecule has 156 valence electrons. The molecule has 0 bridgehead atoms. The van der Waals surface area contributed by atoms with Gasteiger partial charge in [-0.05, 0) is 41.5 Å². The van der Waals surface area contributed by atoms with Crippen LogP contribution in [0.4, 0.5) is 4.39 Å². The molecular formula is C25H22FN3O2. The number of halogens is 1. The molecule has 0 aliphatic carbocycles. The number of aryl methyl sites for hydroxylation is 1. The zero-order valence-corrected chi connectivity index (χ0v) is 17.1. The molecule has 4 aromatic rings. The van der Waals surface area contributed by atoms with E-state index in [4.69, 9.17) is 9.40 Å². The number of amides is 1. The Morgan fingerprint density at radius 1 is 1.13 bits per heavy atom. The van der Waals surface area contributed by atoms with E-state index in [0.29, 0.717) is 36.8 Å². The second-order valence-corrected chi connectivity index (χ2v) is 7.77. The molecule has 6 heteroatoms. The molecule has 1 fully saturated rings. The van der Waals surface area contributed by atoms with E-state index in [1.807, 2.05) is 36.1 Å². The molecule has 1 amide bonds. The fourth-order valence-electron chi connectivity index (χ4n) is 4.22. The van der Waals surface area contributed by atoms with Crippen LogP contribution in [-0.4, -0.2) is 28.9 Å². The van der Waals surface area contributed by atoms with Gasteiger partial charge in [0.1, 0.15) is 17.6 Å². The van der Waals surface area contributed by atoms with Crippen LogP contribution >= 0.6 is 0 Å². The van der Waals surface area contributed by atoms with Crippen LogP contribution in [0, 0.1) is 12.7 Å². The van der Waals surface area contributed by atoms with Crippen molar-refractivity contribution in [1.82, 2.24) is 15.2 Å². The molecule has 1 unspecified atom stereocenters. The minimum absolute atomic E-state index is 0.132. The number of nitrogens with zero attached hydrogens (tertiary/aromatic N) is 2. The van der Waals surface area contributed by atoms with Crippen molar-refractivity contribution < 1.29 is 13.6 Å². The molecule has 0 spiro atoms. The van der Waals surface area contributed by atoms with E-state index in [2.05, 4.69) is 23.5 Å². The summed E-state index contributed by atoms with van der Waals surface area (Å²) >= 11 is 0. The van der Waals surface area contributed by atoms with Gasteiger partial charge in [0, 0.05) is 25.2 Å². The van der Waals surface area contributed by atoms with E-state index >= 15 is 0 Å². The number of hydrogen-bond acceptors (Lipinski definition) is 4. The van der Waals surface area contributed by atoms with Crippen molar-refractivity contribution in [3.63, 3.8) is 0 Å². The smallest absolute Gasteiger partial charge is 0.242 e. The maximum atomic E-state index is 13.8. The summed E-state index contributed by atoms with van der Waals surface area (Å²) in [5.41, 5.74) is 2.34. The molecule has 5 rings (SSSR count). The second kappa shape index (κ2) is 7.96. The summed E-state index contributed by atoms with van der Waals surface area (Å²) in [5, 5.41) is 5.08. The number of nitrogens with one attached hydrogen (secondary N) is 1. The van der Waals surface area contributed by atoms with E-state index in [9.17, 15) is 9.18 Å². The van der Waals surface area contributed by atoms with Gasteiger partial charge in [0.05, 0.1) is 5.69 Å². The lowest BCUT2D eigenvalue weighted by atomic mass is 10.0. The number of carbonyl (C=O) groups excluding carboxylic acids is 1. The standard InChI is InChI=1S/C25H22FN3O2/c1-16-22(28-25(31-16)21-11-5-7-17-6-2-3-10-20(17)21)15-29-13-12-27-24(30)23(29)18-8-4-9-19(26)14-18/h2-11,14,23H,12-13,15H2,1H3,(H,27,30). The Balaban J connectivity index is 1.48. The average Bonchev–Trinajstić information content (AvgIpc) is 3.13. The molecule has 5 nitrogen and oxygen atoms in total. The molecule has 1 aliphatic rings. The molecule has 1 N–H and O–H groups in total. The number of piperazine rings is 1. The van der Waals surface area contributed by atoms with E-state index in [-0.39, 0.29) is 11.7 Å². The molecule has 2 heterocycles. The van der Waals surface area contributed by atoms with Gasteiger partial charge in [-0.2, -0.15) is 0 Å². The predicted octanol–water partition coefficient (Wildman–Crippen LogP) is 4.62. The van der Waals surface area contributed by atoms with E-state index in [1.54, 1.807) is 12.1 Å². The van der Waals surface area contributed by atoms with Gasteiger partial charge in [0.15, 0.2) is 0 Å². The topological polar surface area (TPSA) is 58.4 Å². The Morgan fingerprint density at radius 3 is 2.81 bits per heavy atom. The maximum absolute atomic E-state index is 13.8. The number of fused-ring (bicyclic) bond motifs is 1. The summed E-state index contributed by atoms with van der Waals surface area (Å²) in [6, 6.07) is 19.8. The number of benzene rings is 3. The molecule has 31 heavy (non-hydrogen) atoms. The summed E-state index contributed by atoms with van der Waals surface area (Å²) in [6.07, 6.45) is 0. The van der Waals surface area contributed by atoms with E-state index in [0.717, 1.165) is 22.0 Å². The first-order chi connectivity index (χ1) is 15.1. The largest absolute Gasteiger partial charge is 0.441 e. The third kappa shape index (κ3) is 3.70. The van der Waals surface area contributed by atoms with Crippen LogP contribution < -0.4 is 5.32 Å². The normalized spacial score (nSPS) is 17.1. The summed E-state index contributed by atoms with van der Waals surface area (Å²) in [4.78, 5) is 19.4. The molecular weight excluding hydrogens is 393 g/mol. The molecule has 1 saturated heterocycles. The summed E-state index contributed by atoms with van der Waals surface area (Å²) < 4.78 is 19.8. The van der Waals surface area contributed by atoms with Gasteiger partial charge in [0.2, 0.25) is 11.8 Å². The molecule has 3 aromatic carbocycles. The number of carbonyl (C=O) groups is 1. The zero-order valence-electron chi connectivity index (χ0n) is 17.1. The lowest BCUT2D eigenvalue weighted by Gasteiger charge is -2.34. The first-order valence-corrected chi connectivity index (χ1v) is 10.3. The minimum atomic E-state index is -0.568. The van der Waals surface area contributed by atoms with E-state index in [1.165, 1.54) is 12.1 Å². The van der Waals surface area contributed by atoms with Gasteiger partial charge in [-0.3, -0.25) is 9.69 Å². The summed E-state index contributed by atoms with van der Waals surface area (Å²) in [7, 11) is 0. The van der Waals surface area contributed by atoms with Crippen LogP contribution in [0.1, 0.15) is 23.1 Å². The quantitative estimate of drug-likeness (QED) is 0.529.